The first-order chi connectivity index (χ1) is 9.04. The van der Waals surface area contributed by atoms with Gasteiger partial charge < -0.3 is 10.5 Å². The number of benzene rings is 2. The van der Waals surface area contributed by atoms with Gasteiger partial charge in [-0.1, -0.05) is 38.1 Å². The molecule has 0 atom stereocenters. The highest BCUT2D eigenvalue weighted by Crippen LogP contribution is 2.25. The van der Waals surface area contributed by atoms with E-state index in [-0.39, 0.29) is 5.41 Å². The van der Waals surface area contributed by atoms with E-state index in [4.69, 9.17) is 10.5 Å². The molecule has 0 saturated heterocycles. The molecule has 0 radical (unpaired) electrons. The maximum absolute atomic E-state index is 5.78. The third-order valence-corrected chi connectivity index (χ3v) is 3.75. The SMILES string of the molecule is COc1ccc2cc(CCC(C)(C)CN)ccc2c1. The van der Waals surface area contributed by atoms with E-state index in [1.54, 1.807) is 7.11 Å². The Morgan fingerprint density at radius 3 is 2.42 bits per heavy atom. The van der Waals surface area contributed by atoms with Gasteiger partial charge >= 0.3 is 0 Å². The number of aryl methyl sites for hydroxylation is 1. The maximum atomic E-state index is 5.78. The van der Waals surface area contributed by atoms with Gasteiger partial charge in [-0.2, -0.15) is 0 Å². The van der Waals surface area contributed by atoms with Crippen LogP contribution in [0.25, 0.3) is 10.8 Å². The molecule has 0 bridgehead atoms. The van der Waals surface area contributed by atoms with Crippen LogP contribution >= 0.6 is 0 Å². The summed E-state index contributed by atoms with van der Waals surface area (Å²) in [5.41, 5.74) is 7.37. The van der Waals surface area contributed by atoms with Crippen LogP contribution in [0.4, 0.5) is 0 Å². The molecule has 0 aliphatic carbocycles. The molecule has 0 saturated carbocycles. The molecule has 0 amide bonds. The molecule has 0 aromatic heterocycles. The molecule has 0 fully saturated rings. The third-order valence-electron chi connectivity index (χ3n) is 3.75. The van der Waals surface area contributed by atoms with Gasteiger partial charge in [-0.05, 0) is 53.3 Å². The van der Waals surface area contributed by atoms with Crippen molar-refractivity contribution in [2.75, 3.05) is 13.7 Å². The fourth-order valence-corrected chi connectivity index (χ4v) is 2.14. The van der Waals surface area contributed by atoms with Crippen molar-refractivity contribution in [1.82, 2.24) is 0 Å². The maximum Gasteiger partial charge on any atom is 0.119 e. The average molecular weight is 257 g/mol. The molecule has 2 heteroatoms. The summed E-state index contributed by atoms with van der Waals surface area (Å²) in [5, 5.41) is 2.49. The van der Waals surface area contributed by atoms with Crippen LogP contribution in [0.3, 0.4) is 0 Å². The molecule has 0 heterocycles. The molecular weight excluding hydrogens is 234 g/mol. The van der Waals surface area contributed by atoms with Crippen LogP contribution in [-0.4, -0.2) is 13.7 Å². The molecule has 2 rings (SSSR count). The molecule has 2 N–H and O–H groups in total. The fraction of sp³-hybridized carbons (Fsp3) is 0.412. The Labute approximate surface area is 115 Å². The zero-order valence-electron chi connectivity index (χ0n) is 12.1. The highest BCUT2D eigenvalue weighted by Gasteiger charge is 2.15. The van der Waals surface area contributed by atoms with Crippen molar-refractivity contribution in [2.24, 2.45) is 11.1 Å². The Balaban J connectivity index is 2.18. The third kappa shape index (κ3) is 3.48. The second-order valence-corrected chi connectivity index (χ2v) is 5.92. The molecule has 2 aromatic rings. The molecule has 0 aliphatic heterocycles. The first kappa shape index (κ1) is 13.9. The lowest BCUT2D eigenvalue weighted by atomic mass is 9.86. The number of ether oxygens (including phenoxy) is 1. The van der Waals surface area contributed by atoms with Gasteiger partial charge in [0.15, 0.2) is 0 Å². The van der Waals surface area contributed by atoms with E-state index in [0.717, 1.165) is 25.1 Å². The van der Waals surface area contributed by atoms with Gasteiger partial charge in [0.2, 0.25) is 0 Å². The van der Waals surface area contributed by atoms with Crippen molar-refractivity contribution < 1.29 is 4.74 Å². The van der Waals surface area contributed by atoms with Crippen LogP contribution in [0, 0.1) is 5.41 Å². The predicted octanol–water partition coefficient (Wildman–Crippen LogP) is 3.77. The second-order valence-electron chi connectivity index (χ2n) is 5.92. The first-order valence-corrected chi connectivity index (χ1v) is 6.81. The van der Waals surface area contributed by atoms with Crippen LogP contribution in [-0.2, 0) is 6.42 Å². The van der Waals surface area contributed by atoms with Crippen LogP contribution < -0.4 is 10.5 Å². The monoisotopic (exact) mass is 257 g/mol. The minimum absolute atomic E-state index is 0.217. The summed E-state index contributed by atoms with van der Waals surface area (Å²) in [6, 6.07) is 12.8. The van der Waals surface area contributed by atoms with E-state index >= 15 is 0 Å². The van der Waals surface area contributed by atoms with E-state index < -0.39 is 0 Å². The Morgan fingerprint density at radius 1 is 1.05 bits per heavy atom. The lowest BCUT2D eigenvalue weighted by Gasteiger charge is -2.22. The Hall–Kier alpha value is -1.54. The quantitative estimate of drug-likeness (QED) is 0.885. The highest BCUT2D eigenvalue weighted by molar-refractivity contribution is 5.84. The number of hydrogen-bond donors (Lipinski definition) is 1. The number of rotatable bonds is 5. The predicted molar refractivity (Wildman–Crippen MR) is 81.7 cm³/mol. The van der Waals surface area contributed by atoms with Crippen molar-refractivity contribution >= 4 is 10.8 Å². The van der Waals surface area contributed by atoms with Gasteiger partial charge in [0.1, 0.15) is 5.75 Å². The molecule has 2 aromatic carbocycles. The smallest absolute Gasteiger partial charge is 0.119 e. The van der Waals surface area contributed by atoms with Crippen LogP contribution in [0.1, 0.15) is 25.8 Å². The number of methoxy groups -OCH3 is 1. The number of nitrogens with two attached hydrogens (primary N) is 1. The second kappa shape index (κ2) is 5.62. The van der Waals surface area contributed by atoms with Crippen LogP contribution in [0.5, 0.6) is 5.75 Å². The summed E-state index contributed by atoms with van der Waals surface area (Å²) in [6.45, 7) is 5.18. The fourth-order valence-electron chi connectivity index (χ4n) is 2.14. The molecule has 0 spiro atoms. The van der Waals surface area contributed by atoms with Gasteiger partial charge in [-0.3, -0.25) is 0 Å². The summed E-state index contributed by atoms with van der Waals surface area (Å²) in [7, 11) is 1.70. The number of fused-ring (bicyclic) bond motifs is 1. The standard InChI is InChI=1S/C17H23NO/c1-17(2,12-18)9-8-13-4-5-15-11-16(19-3)7-6-14(15)10-13/h4-7,10-11H,8-9,12,18H2,1-3H3. The largest absolute Gasteiger partial charge is 0.497 e. The summed E-state index contributed by atoms with van der Waals surface area (Å²) in [6.07, 6.45) is 2.19. The topological polar surface area (TPSA) is 35.2 Å². The average Bonchev–Trinajstić information content (AvgIpc) is 2.44. The van der Waals surface area contributed by atoms with Gasteiger partial charge in [-0.15, -0.1) is 0 Å². The van der Waals surface area contributed by atoms with Crippen molar-refractivity contribution in [3.8, 4) is 5.75 Å². The van der Waals surface area contributed by atoms with Gasteiger partial charge in [0.25, 0.3) is 0 Å². The Morgan fingerprint density at radius 2 is 1.74 bits per heavy atom. The van der Waals surface area contributed by atoms with Gasteiger partial charge in [-0.25, -0.2) is 0 Å². The zero-order chi connectivity index (χ0) is 13.9. The van der Waals surface area contributed by atoms with Crippen molar-refractivity contribution in [3.63, 3.8) is 0 Å². The molecule has 2 nitrogen and oxygen atoms in total. The Kier molecular flexibility index (Phi) is 4.11. The zero-order valence-corrected chi connectivity index (χ0v) is 12.1. The van der Waals surface area contributed by atoms with Crippen LogP contribution in [0.15, 0.2) is 36.4 Å². The minimum Gasteiger partial charge on any atom is -0.497 e. The molecular formula is C17H23NO. The summed E-state index contributed by atoms with van der Waals surface area (Å²) in [5.74, 6) is 0.907. The summed E-state index contributed by atoms with van der Waals surface area (Å²) >= 11 is 0. The van der Waals surface area contributed by atoms with E-state index in [0.29, 0.717) is 0 Å². The Bertz CT molecular complexity index is 560. The molecule has 0 aliphatic rings. The van der Waals surface area contributed by atoms with E-state index in [9.17, 15) is 0 Å². The van der Waals surface area contributed by atoms with Crippen LogP contribution in [0.2, 0.25) is 0 Å². The summed E-state index contributed by atoms with van der Waals surface area (Å²) < 4.78 is 5.25. The van der Waals surface area contributed by atoms with E-state index in [2.05, 4.69) is 44.2 Å². The van der Waals surface area contributed by atoms with Gasteiger partial charge in [0.05, 0.1) is 7.11 Å². The van der Waals surface area contributed by atoms with Crippen molar-refractivity contribution in [3.05, 3.63) is 42.0 Å². The van der Waals surface area contributed by atoms with E-state index in [1.165, 1.54) is 16.3 Å². The highest BCUT2D eigenvalue weighted by atomic mass is 16.5. The van der Waals surface area contributed by atoms with E-state index in [1.807, 2.05) is 6.07 Å². The van der Waals surface area contributed by atoms with Crippen molar-refractivity contribution in [2.45, 2.75) is 26.7 Å². The normalized spacial score (nSPS) is 11.8. The lowest BCUT2D eigenvalue weighted by Crippen LogP contribution is -2.23. The molecule has 19 heavy (non-hydrogen) atoms. The summed E-state index contributed by atoms with van der Waals surface area (Å²) in [4.78, 5) is 0. The first-order valence-electron chi connectivity index (χ1n) is 6.81. The molecule has 102 valence electrons. The van der Waals surface area contributed by atoms with Crippen molar-refractivity contribution in [1.29, 1.82) is 0 Å². The minimum atomic E-state index is 0.217. The molecule has 0 unspecified atom stereocenters. The number of hydrogen-bond acceptors (Lipinski definition) is 2. The lowest BCUT2D eigenvalue weighted by molar-refractivity contribution is 0.348. The van der Waals surface area contributed by atoms with Gasteiger partial charge in [0, 0.05) is 0 Å².